The number of anilines is 1. The quantitative estimate of drug-likeness (QED) is 0.452. The fraction of sp³-hybridized carbons (Fsp3) is 0.438. The average Bonchev–Trinajstić information content (AvgIpc) is 2.50. The van der Waals surface area contributed by atoms with E-state index in [9.17, 15) is 4.79 Å². The zero-order valence-electron chi connectivity index (χ0n) is 13.0. The minimum atomic E-state index is -0.395. The highest BCUT2D eigenvalue weighted by molar-refractivity contribution is 5.87. The van der Waals surface area contributed by atoms with Crippen molar-refractivity contribution in [2.45, 2.75) is 13.8 Å². The summed E-state index contributed by atoms with van der Waals surface area (Å²) in [4.78, 5) is 13.3. The number of benzene rings is 1. The Morgan fingerprint density at radius 3 is 2.62 bits per heavy atom. The van der Waals surface area contributed by atoms with Gasteiger partial charge in [-0.25, -0.2) is 4.79 Å². The van der Waals surface area contributed by atoms with Crippen LogP contribution in [0.25, 0.3) is 6.08 Å². The molecule has 0 heterocycles. The van der Waals surface area contributed by atoms with Crippen LogP contribution in [0, 0.1) is 0 Å². The van der Waals surface area contributed by atoms with E-state index < -0.39 is 5.97 Å². The first-order chi connectivity index (χ1) is 10.1. The van der Waals surface area contributed by atoms with Crippen molar-refractivity contribution in [2.24, 2.45) is 0 Å². The lowest BCUT2D eigenvalue weighted by atomic mass is 10.2. The summed E-state index contributed by atoms with van der Waals surface area (Å²) >= 11 is 0. The third-order valence-electron chi connectivity index (χ3n) is 3.21. The molecule has 0 saturated carbocycles. The van der Waals surface area contributed by atoms with Crippen LogP contribution < -0.4 is 10.5 Å². The van der Waals surface area contributed by atoms with Crippen molar-refractivity contribution in [3.8, 4) is 5.75 Å². The Labute approximate surface area is 126 Å². The number of carbonyl (C=O) groups excluding carboxylic acids is 1. The Balaban J connectivity index is 2.58. The Morgan fingerprint density at radius 1 is 1.33 bits per heavy atom. The standard InChI is InChI=1S/C16H24N2O3/c1-4-18(5-2)10-11-21-15-8-6-13(12-14(15)17)7-9-16(19)20-3/h6-9,12H,4-5,10-11,17H2,1-3H3/b9-7+. The fourth-order valence-corrected chi connectivity index (χ4v) is 1.86. The van der Waals surface area contributed by atoms with Gasteiger partial charge in [0, 0.05) is 12.6 Å². The second-order valence-corrected chi connectivity index (χ2v) is 4.53. The lowest BCUT2D eigenvalue weighted by Crippen LogP contribution is -2.28. The molecule has 0 spiro atoms. The largest absolute Gasteiger partial charge is 0.490 e. The first-order valence-electron chi connectivity index (χ1n) is 7.11. The number of esters is 1. The summed E-state index contributed by atoms with van der Waals surface area (Å²) in [7, 11) is 1.34. The summed E-state index contributed by atoms with van der Waals surface area (Å²) < 4.78 is 10.2. The van der Waals surface area contributed by atoms with Crippen molar-refractivity contribution in [1.82, 2.24) is 4.90 Å². The van der Waals surface area contributed by atoms with Crippen LogP contribution in [0.5, 0.6) is 5.75 Å². The van der Waals surface area contributed by atoms with E-state index in [1.165, 1.54) is 13.2 Å². The maximum Gasteiger partial charge on any atom is 0.330 e. The van der Waals surface area contributed by atoms with Crippen molar-refractivity contribution < 1.29 is 14.3 Å². The Bertz CT molecular complexity index is 482. The van der Waals surface area contributed by atoms with E-state index in [0.717, 1.165) is 25.2 Å². The molecule has 0 atom stereocenters. The number of nitrogen functional groups attached to an aromatic ring is 1. The van der Waals surface area contributed by atoms with Gasteiger partial charge in [-0.2, -0.15) is 0 Å². The summed E-state index contributed by atoms with van der Waals surface area (Å²) in [6.07, 6.45) is 3.01. The Hall–Kier alpha value is -2.01. The molecule has 5 heteroatoms. The molecule has 0 aliphatic rings. The number of nitrogens with two attached hydrogens (primary N) is 1. The third-order valence-corrected chi connectivity index (χ3v) is 3.21. The zero-order chi connectivity index (χ0) is 15.7. The smallest absolute Gasteiger partial charge is 0.330 e. The predicted octanol–water partition coefficient (Wildman–Crippen LogP) is 2.18. The van der Waals surface area contributed by atoms with E-state index >= 15 is 0 Å². The molecule has 1 rings (SSSR count). The SMILES string of the molecule is CCN(CC)CCOc1ccc(/C=C/C(=O)OC)cc1N. The van der Waals surface area contributed by atoms with E-state index in [1.807, 2.05) is 12.1 Å². The van der Waals surface area contributed by atoms with Crippen LogP contribution in [-0.2, 0) is 9.53 Å². The molecule has 21 heavy (non-hydrogen) atoms. The van der Waals surface area contributed by atoms with E-state index in [-0.39, 0.29) is 0 Å². The first kappa shape index (κ1) is 17.0. The summed E-state index contributed by atoms with van der Waals surface area (Å²) in [5, 5.41) is 0. The molecule has 0 aliphatic carbocycles. The molecule has 1 aromatic rings. The molecule has 0 unspecified atom stereocenters. The van der Waals surface area contributed by atoms with Crippen molar-refractivity contribution in [1.29, 1.82) is 0 Å². The van der Waals surface area contributed by atoms with Gasteiger partial charge in [0.15, 0.2) is 0 Å². The van der Waals surface area contributed by atoms with E-state index in [1.54, 1.807) is 12.1 Å². The summed E-state index contributed by atoms with van der Waals surface area (Å²) in [6.45, 7) is 7.74. The molecule has 0 aliphatic heterocycles. The van der Waals surface area contributed by atoms with Crippen LogP contribution in [0.2, 0.25) is 0 Å². The van der Waals surface area contributed by atoms with Gasteiger partial charge in [-0.05, 0) is 36.9 Å². The Kier molecular flexibility index (Phi) is 7.32. The number of rotatable bonds is 8. The van der Waals surface area contributed by atoms with Crippen LogP contribution in [0.15, 0.2) is 24.3 Å². The number of methoxy groups -OCH3 is 1. The predicted molar refractivity (Wildman–Crippen MR) is 85.2 cm³/mol. The third kappa shape index (κ3) is 5.87. The van der Waals surface area contributed by atoms with Crippen LogP contribution >= 0.6 is 0 Å². The van der Waals surface area contributed by atoms with E-state index in [4.69, 9.17) is 10.5 Å². The van der Waals surface area contributed by atoms with Gasteiger partial charge in [0.25, 0.3) is 0 Å². The topological polar surface area (TPSA) is 64.8 Å². The average molecular weight is 292 g/mol. The van der Waals surface area contributed by atoms with Crippen molar-refractivity contribution in [3.63, 3.8) is 0 Å². The van der Waals surface area contributed by atoms with Gasteiger partial charge in [-0.1, -0.05) is 19.9 Å². The first-order valence-corrected chi connectivity index (χ1v) is 7.11. The minimum Gasteiger partial charge on any atom is -0.490 e. The highest BCUT2D eigenvalue weighted by atomic mass is 16.5. The molecule has 2 N–H and O–H groups in total. The van der Waals surface area contributed by atoms with Gasteiger partial charge in [-0.3, -0.25) is 0 Å². The molecule has 0 bridgehead atoms. The van der Waals surface area contributed by atoms with Gasteiger partial charge < -0.3 is 20.1 Å². The molecular weight excluding hydrogens is 268 g/mol. The molecule has 0 aromatic heterocycles. The van der Waals surface area contributed by atoms with Crippen molar-refractivity contribution in [2.75, 3.05) is 39.1 Å². The minimum absolute atomic E-state index is 0.395. The maximum absolute atomic E-state index is 11.0. The second-order valence-electron chi connectivity index (χ2n) is 4.53. The fourth-order valence-electron chi connectivity index (χ4n) is 1.86. The maximum atomic E-state index is 11.0. The number of nitrogens with zero attached hydrogens (tertiary/aromatic N) is 1. The number of ether oxygens (including phenoxy) is 2. The van der Waals surface area contributed by atoms with Gasteiger partial charge >= 0.3 is 5.97 Å². The molecule has 0 fully saturated rings. The van der Waals surface area contributed by atoms with Crippen molar-refractivity contribution >= 4 is 17.7 Å². The van der Waals surface area contributed by atoms with Crippen LogP contribution in [0.3, 0.4) is 0 Å². The lowest BCUT2D eigenvalue weighted by Gasteiger charge is -2.18. The molecule has 0 saturated heterocycles. The van der Waals surface area contributed by atoms with Gasteiger partial charge in [0.05, 0.1) is 12.8 Å². The molecular formula is C16H24N2O3. The monoisotopic (exact) mass is 292 g/mol. The van der Waals surface area contributed by atoms with E-state index in [0.29, 0.717) is 18.0 Å². The van der Waals surface area contributed by atoms with Gasteiger partial charge in [-0.15, -0.1) is 0 Å². The van der Waals surface area contributed by atoms with Gasteiger partial charge in [0.1, 0.15) is 12.4 Å². The summed E-state index contributed by atoms with van der Waals surface area (Å²) in [6, 6.07) is 5.43. The lowest BCUT2D eigenvalue weighted by molar-refractivity contribution is -0.134. The van der Waals surface area contributed by atoms with Crippen LogP contribution in [0.1, 0.15) is 19.4 Å². The molecule has 1 aromatic carbocycles. The number of hydrogen-bond acceptors (Lipinski definition) is 5. The molecule has 5 nitrogen and oxygen atoms in total. The molecule has 0 amide bonds. The molecule has 0 radical (unpaired) electrons. The summed E-state index contributed by atoms with van der Waals surface area (Å²) in [5.41, 5.74) is 7.34. The van der Waals surface area contributed by atoms with Crippen molar-refractivity contribution in [3.05, 3.63) is 29.8 Å². The zero-order valence-corrected chi connectivity index (χ0v) is 13.0. The number of carbonyl (C=O) groups is 1. The second kappa shape index (κ2) is 9.02. The molecule has 116 valence electrons. The highest BCUT2D eigenvalue weighted by Gasteiger charge is 2.03. The number of hydrogen-bond donors (Lipinski definition) is 1. The summed E-state index contributed by atoms with van der Waals surface area (Å²) in [5.74, 6) is 0.269. The van der Waals surface area contributed by atoms with E-state index in [2.05, 4.69) is 23.5 Å². The number of likely N-dealkylation sites (N-methyl/N-ethyl adjacent to an activating group) is 1. The van der Waals surface area contributed by atoms with Crippen LogP contribution in [-0.4, -0.2) is 44.2 Å². The Morgan fingerprint density at radius 2 is 2.05 bits per heavy atom. The van der Waals surface area contributed by atoms with Gasteiger partial charge in [0.2, 0.25) is 0 Å². The van der Waals surface area contributed by atoms with Crippen LogP contribution in [0.4, 0.5) is 5.69 Å². The highest BCUT2D eigenvalue weighted by Crippen LogP contribution is 2.23. The normalized spacial score (nSPS) is 11.0.